The first-order chi connectivity index (χ1) is 15.6. The largest absolute Gasteiger partial charge is 0.484 e. The normalized spacial score (nSPS) is 12.0. The Morgan fingerprint density at radius 3 is 2.47 bits per heavy atom. The van der Waals surface area contributed by atoms with Crippen LogP contribution in [0.2, 0.25) is 0 Å². The molecule has 3 aromatic carbocycles. The molecule has 4 rings (SSSR count). The second-order valence-electron chi connectivity index (χ2n) is 7.97. The van der Waals surface area contributed by atoms with Crippen molar-refractivity contribution in [3.63, 3.8) is 0 Å². The van der Waals surface area contributed by atoms with E-state index in [1.165, 1.54) is 11.1 Å². The molecule has 0 saturated carbocycles. The average molecular weight is 429 g/mol. The average Bonchev–Trinajstić information content (AvgIpc) is 3.26. The number of oxazole rings is 1. The minimum Gasteiger partial charge on any atom is -0.484 e. The first kappa shape index (κ1) is 21.6. The first-order valence-electron chi connectivity index (χ1n) is 11.1. The van der Waals surface area contributed by atoms with Crippen molar-refractivity contribution in [2.75, 3.05) is 11.9 Å². The van der Waals surface area contributed by atoms with Crippen LogP contribution in [0.3, 0.4) is 0 Å². The van der Waals surface area contributed by atoms with E-state index in [2.05, 4.69) is 43.2 Å². The molecule has 164 valence electrons. The van der Waals surface area contributed by atoms with Gasteiger partial charge in [-0.25, -0.2) is 4.98 Å². The standard InChI is InChI=1S/C27H28N2O3/c1-4-18(3)21-10-15-25-24(16-21)29-27(32-25)20-8-11-22(12-9-20)28-26(30)17-31-23-13-6-19(5-2)7-14-23/h6-16,18H,4-5,17H2,1-3H3,(H,28,30)/t18-/m1/s1. The summed E-state index contributed by atoms with van der Waals surface area (Å²) in [6.07, 6.45) is 2.05. The van der Waals surface area contributed by atoms with E-state index in [1.54, 1.807) is 0 Å². The molecule has 0 spiro atoms. The number of amides is 1. The van der Waals surface area contributed by atoms with E-state index in [9.17, 15) is 4.79 Å². The molecule has 0 saturated heterocycles. The SMILES string of the molecule is CCc1ccc(OCC(=O)Nc2ccc(-c3nc4cc([C@H](C)CC)ccc4o3)cc2)cc1. The Kier molecular flexibility index (Phi) is 6.55. The van der Waals surface area contributed by atoms with E-state index >= 15 is 0 Å². The number of ether oxygens (including phenoxy) is 1. The molecule has 5 heteroatoms. The molecule has 1 amide bonds. The summed E-state index contributed by atoms with van der Waals surface area (Å²) in [6.45, 7) is 6.45. The van der Waals surface area contributed by atoms with E-state index in [0.717, 1.165) is 29.5 Å². The molecule has 1 aromatic heterocycles. The maximum atomic E-state index is 12.2. The highest BCUT2D eigenvalue weighted by molar-refractivity contribution is 5.92. The number of carbonyl (C=O) groups excluding carboxylic acids is 1. The van der Waals surface area contributed by atoms with Crippen LogP contribution in [0.15, 0.2) is 71.1 Å². The fraction of sp³-hybridized carbons (Fsp3) is 0.259. The van der Waals surface area contributed by atoms with E-state index in [4.69, 9.17) is 9.15 Å². The Balaban J connectivity index is 1.38. The van der Waals surface area contributed by atoms with Crippen LogP contribution >= 0.6 is 0 Å². The van der Waals surface area contributed by atoms with E-state index in [0.29, 0.717) is 23.2 Å². The Morgan fingerprint density at radius 1 is 1.03 bits per heavy atom. The Hall–Kier alpha value is -3.60. The summed E-state index contributed by atoms with van der Waals surface area (Å²) in [5.41, 5.74) is 5.68. The van der Waals surface area contributed by atoms with Gasteiger partial charge in [-0.05, 0) is 78.4 Å². The van der Waals surface area contributed by atoms with Gasteiger partial charge in [0.15, 0.2) is 12.2 Å². The summed E-state index contributed by atoms with van der Waals surface area (Å²) in [5.74, 6) is 1.53. The lowest BCUT2D eigenvalue weighted by Crippen LogP contribution is -2.20. The monoisotopic (exact) mass is 428 g/mol. The van der Waals surface area contributed by atoms with Crippen LogP contribution in [0.5, 0.6) is 5.75 Å². The highest BCUT2D eigenvalue weighted by Gasteiger charge is 2.11. The van der Waals surface area contributed by atoms with Crippen molar-refractivity contribution in [3.05, 3.63) is 77.9 Å². The van der Waals surface area contributed by atoms with Gasteiger partial charge in [-0.1, -0.05) is 39.0 Å². The van der Waals surface area contributed by atoms with Gasteiger partial charge in [0.25, 0.3) is 5.91 Å². The fourth-order valence-corrected chi connectivity index (χ4v) is 3.47. The van der Waals surface area contributed by atoms with Crippen LogP contribution in [-0.2, 0) is 11.2 Å². The number of aryl methyl sites for hydroxylation is 1. The minimum atomic E-state index is -0.211. The minimum absolute atomic E-state index is 0.0448. The number of nitrogens with one attached hydrogen (secondary N) is 1. The van der Waals surface area contributed by atoms with Crippen molar-refractivity contribution in [3.8, 4) is 17.2 Å². The fourth-order valence-electron chi connectivity index (χ4n) is 3.47. The zero-order valence-electron chi connectivity index (χ0n) is 18.7. The van der Waals surface area contributed by atoms with Crippen molar-refractivity contribution in [1.82, 2.24) is 4.98 Å². The molecule has 0 aliphatic heterocycles. The topological polar surface area (TPSA) is 64.4 Å². The summed E-state index contributed by atoms with van der Waals surface area (Å²) < 4.78 is 11.5. The predicted molar refractivity (Wildman–Crippen MR) is 128 cm³/mol. The molecule has 5 nitrogen and oxygen atoms in total. The number of hydrogen-bond donors (Lipinski definition) is 1. The lowest BCUT2D eigenvalue weighted by Gasteiger charge is -2.08. The number of hydrogen-bond acceptors (Lipinski definition) is 4. The molecule has 0 aliphatic carbocycles. The third-order valence-corrected chi connectivity index (χ3v) is 5.71. The molecule has 1 atom stereocenters. The van der Waals surface area contributed by atoms with Crippen LogP contribution < -0.4 is 10.1 Å². The van der Waals surface area contributed by atoms with E-state index in [-0.39, 0.29) is 12.5 Å². The number of fused-ring (bicyclic) bond motifs is 1. The van der Waals surface area contributed by atoms with Crippen molar-refractivity contribution in [2.45, 2.75) is 39.5 Å². The summed E-state index contributed by atoms with van der Waals surface area (Å²) >= 11 is 0. The molecule has 0 unspecified atom stereocenters. The van der Waals surface area contributed by atoms with Gasteiger partial charge in [0.1, 0.15) is 11.3 Å². The predicted octanol–water partition coefficient (Wildman–Crippen LogP) is 6.59. The molecule has 0 radical (unpaired) electrons. The van der Waals surface area contributed by atoms with Gasteiger partial charge in [0.2, 0.25) is 5.89 Å². The van der Waals surface area contributed by atoms with Crippen molar-refractivity contribution >= 4 is 22.7 Å². The third-order valence-electron chi connectivity index (χ3n) is 5.71. The summed E-state index contributed by atoms with van der Waals surface area (Å²) in [6, 6.07) is 21.4. The molecule has 4 aromatic rings. The van der Waals surface area contributed by atoms with Crippen LogP contribution in [0.4, 0.5) is 5.69 Å². The number of aromatic nitrogens is 1. The molecule has 1 N–H and O–H groups in total. The molecule has 1 heterocycles. The van der Waals surface area contributed by atoms with Gasteiger partial charge in [0, 0.05) is 11.3 Å². The number of rotatable bonds is 8. The zero-order valence-corrected chi connectivity index (χ0v) is 18.7. The highest BCUT2D eigenvalue weighted by Crippen LogP contribution is 2.28. The smallest absolute Gasteiger partial charge is 0.262 e. The van der Waals surface area contributed by atoms with Gasteiger partial charge in [0.05, 0.1) is 0 Å². The summed E-state index contributed by atoms with van der Waals surface area (Å²) in [4.78, 5) is 16.9. The Labute approximate surface area is 188 Å². The van der Waals surface area contributed by atoms with Crippen molar-refractivity contribution < 1.29 is 13.9 Å². The zero-order chi connectivity index (χ0) is 22.5. The van der Waals surface area contributed by atoms with E-state index in [1.807, 2.05) is 54.6 Å². The second-order valence-corrected chi connectivity index (χ2v) is 7.97. The number of anilines is 1. The number of carbonyl (C=O) groups is 1. The van der Waals surface area contributed by atoms with Crippen molar-refractivity contribution in [1.29, 1.82) is 0 Å². The Morgan fingerprint density at radius 2 is 1.78 bits per heavy atom. The highest BCUT2D eigenvalue weighted by atomic mass is 16.5. The van der Waals surface area contributed by atoms with Crippen LogP contribution in [-0.4, -0.2) is 17.5 Å². The van der Waals surface area contributed by atoms with E-state index < -0.39 is 0 Å². The summed E-state index contributed by atoms with van der Waals surface area (Å²) in [7, 11) is 0. The quantitative estimate of drug-likeness (QED) is 0.344. The second kappa shape index (κ2) is 9.69. The molecule has 0 fully saturated rings. The van der Waals surface area contributed by atoms with Crippen LogP contribution in [0.1, 0.15) is 44.2 Å². The first-order valence-corrected chi connectivity index (χ1v) is 11.1. The van der Waals surface area contributed by atoms with Gasteiger partial charge >= 0.3 is 0 Å². The maximum Gasteiger partial charge on any atom is 0.262 e. The van der Waals surface area contributed by atoms with Gasteiger partial charge in [-0.2, -0.15) is 0 Å². The summed E-state index contributed by atoms with van der Waals surface area (Å²) in [5, 5.41) is 2.85. The van der Waals surface area contributed by atoms with Gasteiger partial charge < -0.3 is 14.5 Å². The maximum absolute atomic E-state index is 12.2. The Bertz CT molecular complexity index is 1190. The van der Waals surface area contributed by atoms with Crippen LogP contribution in [0, 0.1) is 0 Å². The van der Waals surface area contributed by atoms with Gasteiger partial charge in [-0.3, -0.25) is 4.79 Å². The number of benzene rings is 3. The molecular weight excluding hydrogens is 400 g/mol. The molecule has 0 bridgehead atoms. The third kappa shape index (κ3) is 4.99. The van der Waals surface area contributed by atoms with Gasteiger partial charge in [-0.15, -0.1) is 0 Å². The lowest BCUT2D eigenvalue weighted by atomic mass is 9.98. The number of nitrogens with zero attached hydrogens (tertiary/aromatic N) is 1. The molecular formula is C27H28N2O3. The molecule has 0 aliphatic rings. The molecule has 32 heavy (non-hydrogen) atoms. The van der Waals surface area contributed by atoms with Crippen molar-refractivity contribution in [2.24, 2.45) is 0 Å². The lowest BCUT2D eigenvalue weighted by molar-refractivity contribution is -0.118. The van der Waals surface area contributed by atoms with Crippen LogP contribution in [0.25, 0.3) is 22.6 Å².